The Balaban J connectivity index is 1.80. The predicted molar refractivity (Wildman–Crippen MR) is 110 cm³/mol. The summed E-state index contributed by atoms with van der Waals surface area (Å²) in [6.45, 7) is 8.25. The Morgan fingerprint density at radius 2 is 1.85 bits per heavy atom. The molecule has 5 nitrogen and oxygen atoms in total. The number of nitrogens with one attached hydrogen (secondary N) is 2. The van der Waals surface area contributed by atoms with Gasteiger partial charge in [0.05, 0.1) is 22.7 Å². The number of carbonyl (C=O) groups is 2. The van der Waals surface area contributed by atoms with Crippen molar-refractivity contribution in [2.24, 2.45) is 5.92 Å². The molecule has 1 aliphatic carbocycles. The number of methoxy groups -OCH3 is 1. The van der Waals surface area contributed by atoms with Crippen LogP contribution in [0.15, 0.2) is 24.3 Å². The molecular weight excluding hydrogens is 360 g/mol. The maximum Gasteiger partial charge on any atom is 0.266 e. The van der Waals surface area contributed by atoms with Gasteiger partial charge in [0.15, 0.2) is 0 Å². The number of hydrogen-bond acceptors (Lipinski definition) is 4. The average Bonchev–Trinajstić information content (AvgIpc) is 3.38. The highest BCUT2D eigenvalue weighted by atomic mass is 32.1. The number of benzene rings is 1. The van der Waals surface area contributed by atoms with Gasteiger partial charge in [0, 0.05) is 5.92 Å². The zero-order valence-electron chi connectivity index (χ0n) is 16.4. The highest BCUT2D eigenvalue weighted by Crippen LogP contribution is 2.35. The van der Waals surface area contributed by atoms with Gasteiger partial charge in [-0.1, -0.05) is 26.8 Å². The molecule has 144 valence electrons. The SMILES string of the molecule is COc1ccc(C(C)(C)C)cc1NC(=O)c1sc(NC(=O)C2CC2)cc1C. The molecule has 3 rings (SSSR count). The minimum Gasteiger partial charge on any atom is -0.495 e. The lowest BCUT2D eigenvalue weighted by molar-refractivity contribution is -0.117. The van der Waals surface area contributed by atoms with Gasteiger partial charge in [-0.3, -0.25) is 9.59 Å². The molecule has 1 aromatic carbocycles. The Kier molecular flexibility index (Phi) is 5.29. The van der Waals surface area contributed by atoms with Crippen LogP contribution in [0.5, 0.6) is 5.75 Å². The fraction of sp³-hybridized carbons (Fsp3) is 0.429. The summed E-state index contributed by atoms with van der Waals surface area (Å²) in [6.07, 6.45) is 1.90. The summed E-state index contributed by atoms with van der Waals surface area (Å²) in [5.74, 6) is 0.596. The zero-order valence-corrected chi connectivity index (χ0v) is 17.3. The Morgan fingerprint density at radius 3 is 2.44 bits per heavy atom. The molecule has 6 heteroatoms. The van der Waals surface area contributed by atoms with Gasteiger partial charge in [0.2, 0.25) is 5.91 Å². The van der Waals surface area contributed by atoms with E-state index in [1.807, 2.05) is 31.2 Å². The number of anilines is 2. The third-order valence-electron chi connectivity index (χ3n) is 4.63. The summed E-state index contributed by atoms with van der Waals surface area (Å²) < 4.78 is 5.40. The highest BCUT2D eigenvalue weighted by molar-refractivity contribution is 7.18. The monoisotopic (exact) mass is 386 g/mol. The molecule has 1 saturated carbocycles. The third-order valence-corrected chi connectivity index (χ3v) is 5.78. The van der Waals surface area contributed by atoms with Gasteiger partial charge in [-0.2, -0.15) is 0 Å². The topological polar surface area (TPSA) is 67.4 Å². The first-order chi connectivity index (χ1) is 12.7. The molecule has 0 radical (unpaired) electrons. The van der Waals surface area contributed by atoms with Gasteiger partial charge in [-0.15, -0.1) is 11.3 Å². The van der Waals surface area contributed by atoms with Crippen LogP contribution in [0.2, 0.25) is 0 Å². The molecule has 2 amide bonds. The van der Waals surface area contributed by atoms with Crippen molar-refractivity contribution in [3.8, 4) is 5.75 Å². The maximum atomic E-state index is 12.8. The minimum atomic E-state index is -0.200. The number of hydrogen-bond donors (Lipinski definition) is 2. The first kappa shape index (κ1) is 19.4. The fourth-order valence-electron chi connectivity index (χ4n) is 2.79. The first-order valence-corrected chi connectivity index (χ1v) is 9.92. The molecule has 0 atom stereocenters. The number of amides is 2. The van der Waals surface area contributed by atoms with Crippen LogP contribution in [0.3, 0.4) is 0 Å². The largest absolute Gasteiger partial charge is 0.495 e. The lowest BCUT2D eigenvalue weighted by Gasteiger charge is -2.21. The number of ether oxygens (including phenoxy) is 1. The van der Waals surface area contributed by atoms with Crippen LogP contribution in [0, 0.1) is 12.8 Å². The summed E-state index contributed by atoms with van der Waals surface area (Å²) in [4.78, 5) is 25.4. The number of thiophene rings is 1. The van der Waals surface area contributed by atoms with Gasteiger partial charge < -0.3 is 15.4 Å². The van der Waals surface area contributed by atoms with Crippen molar-refractivity contribution in [2.45, 2.75) is 46.0 Å². The van der Waals surface area contributed by atoms with Crippen LogP contribution >= 0.6 is 11.3 Å². The van der Waals surface area contributed by atoms with Crippen LogP contribution in [0.1, 0.15) is 54.4 Å². The summed E-state index contributed by atoms with van der Waals surface area (Å²) >= 11 is 1.30. The van der Waals surface area contributed by atoms with Gasteiger partial charge in [0.1, 0.15) is 5.75 Å². The van der Waals surface area contributed by atoms with Crippen molar-refractivity contribution in [1.82, 2.24) is 0 Å². The van der Waals surface area contributed by atoms with Gasteiger partial charge in [-0.05, 0) is 54.5 Å². The first-order valence-electron chi connectivity index (χ1n) is 9.10. The normalized spacial score (nSPS) is 14.0. The van der Waals surface area contributed by atoms with Crippen molar-refractivity contribution in [3.63, 3.8) is 0 Å². The van der Waals surface area contributed by atoms with E-state index in [9.17, 15) is 9.59 Å². The lowest BCUT2D eigenvalue weighted by atomic mass is 9.87. The van der Waals surface area contributed by atoms with Crippen molar-refractivity contribution in [3.05, 3.63) is 40.3 Å². The van der Waals surface area contributed by atoms with Crippen molar-refractivity contribution < 1.29 is 14.3 Å². The molecule has 1 aromatic heterocycles. The molecule has 0 aliphatic heterocycles. The summed E-state index contributed by atoms with van der Waals surface area (Å²) in [5.41, 5.74) is 2.56. The number of carbonyl (C=O) groups excluding carboxylic acids is 2. The molecule has 2 N–H and O–H groups in total. The molecule has 27 heavy (non-hydrogen) atoms. The summed E-state index contributed by atoms with van der Waals surface area (Å²) in [7, 11) is 1.59. The smallest absolute Gasteiger partial charge is 0.266 e. The number of aryl methyl sites for hydroxylation is 1. The van der Waals surface area contributed by atoms with E-state index >= 15 is 0 Å². The molecule has 1 heterocycles. The molecule has 1 fully saturated rings. The van der Waals surface area contributed by atoms with Crippen LogP contribution < -0.4 is 15.4 Å². The van der Waals surface area contributed by atoms with E-state index in [-0.39, 0.29) is 23.1 Å². The van der Waals surface area contributed by atoms with Crippen LogP contribution in [-0.4, -0.2) is 18.9 Å². The molecule has 2 aromatic rings. The van der Waals surface area contributed by atoms with E-state index in [4.69, 9.17) is 4.74 Å². The average molecular weight is 387 g/mol. The summed E-state index contributed by atoms with van der Waals surface area (Å²) in [6, 6.07) is 7.69. The van der Waals surface area contributed by atoms with Crippen molar-refractivity contribution in [1.29, 1.82) is 0 Å². The van der Waals surface area contributed by atoms with Gasteiger partial charge >= 0.3 is 0 Å². The Bertz CT molecular complexity index is 876. The maximum absolute atomic E-state index is 12.8. The standard InChI is InChI=1S/C21H26N2O3S/c1-12-10-17(23-19(24)13-6-7-13)27-18(12)20(25)22-15-11-14(21(2,3)4)8-9-16(15)26-5/h8-11,13H,6-7H2,1-5H3,(H,22,25)(H,23,24). The van der Waals surface area contributed by atoms with E-state index in [0.717, 1.165) is 24.0 Å². The summed E-state index contributed by atoms with van der Waals surface area (Å²) in [5, 5.41) is 6.59. The van der Waals surface area contributed by atoms with Crippen molar-refractivity contribution >= 4 is 33.8 Å². The molecule has 0 unspecified atom stereocenters. The Morgan fingerprint density at radius 1 is 1.15 bits per heavy atom. The predicted octanol–water partition coefficient (Wildman–Crippen LogP) is 4.96. The van der Waals surface area contributed by atoms with E-state index < -0.39 is 0 Å². The lowest BCUT2D eigenvalue weighted by Crippen LogP contribution is -2.15. The molecular formula is C21H26N2O3S. The molecule has 0 saturated heterocycles. The quantitative estimate of drug-likeness (QED) is 0.763. The molecule has 1 aliphatic rings. The Labute approximate surface area is 164 Å². The van der Waals surface area contributed by atoms with E-state index in [0.29, 0.717) is 21.3 Å². The van der Waals surface area contributed by atoms with E-state index in [2.05, 4.69) is 31.4 Å². The van der Waals surface area contributed by atoms with Crippen LogP contribution in [0.4, 0.5) is 10.7 Å². The third kappa shape index (κ3) is 4.50. The van der Waals surface area contributed by atoms with Crippen LogP contribution in [-0.2, 0) is 10.2 Å². The minimum absolute atomic E-state index is 0.0368. The zero-order chi connectivity index (χ0) is 19.8. The Hall–Kier alpha value is -2.34. The molecule has 0 bridgehead atoms. The van der Waals surface area contributed by atoms with Gasteiger partial charge in [-0.25, -0.2) is 0 Å². The van der Waals surface area contributed by atoms with E-state index in [1.165, 1.54) is 11.3 Å². The second-order valence-corrected chi connectivity index (χ2v) is 9.06. The van der Waals surface area contributed by atoms with Crippen LogP contribution in [0.25, 0.3) is 0 Å². The highest BCUT2D eigenvalue weighted by Gasteiger charge is 2.30. The second-order valence-electron chi connectivity index (χ2n) is 8.01. The van der Waals surface area contributed by atoms with Crippen molar-refractivity contribution in [2.75, 3.05) is 17.7 Å². The van der Waals surface area contributed by atoms with Gasteiger partial charge in [0.25, 0.3) is 5.91 Å². The fourth-order valence-corrected chi connectivity index (χ4v) is 3.76. The second kappa shape index (κ2) is 7.35. The molecule has 0 spiro atoms. The number of rotatable bonds is 5. The van der Waals surface area contributed by atoms with E-state index in [1.54, 1.807) is 7.11 Å².